The topological polar surface area (TPSA) is 90.5 Å². The van der Waals surface area contributed by atoms with Crippen LogP contribution in [0.5, 0.6) is 0 Å². The van der Waals surface area contributed by atoms with E-state index in [1.54, 1.807) is 24.3 Å². The van der Waals surface area contributed by atoms with E-state index in [4.69, 9.17) is 11.6 Å². The molecule has 1 fully saturated rings. The monoisotopic (exact) mass is 406 g/mol. The highest BCUT2D eigenvalue weighted by Crippen LogP contribution is 2.29. The second-order valence-electron chi connectivity index (χ2n) is 6.07. The van der Waals surface area contributed by atoms with Crippen molar-refractivity contribution in [2.75, 3.05) is 29.9 Å². The van der Waals surface area contributed by atoms with Gasteiger partial charge < -0.3 is 20.9 Å². The Morgan fingerprint density at radius 3 is 2.81 bits per heavy atom. The number of amides is 3. The van der Waals surface area contributed by atoms with Crippen LogP contribution in [0.25, 0.3) is 0 Å². The Balaban J connectivity index is 1.65. The first-order chi connectivity index (χ1) is 12.9. The van der Waals surface area contributed by atoms with Crippen molar-refractivity contribution in [3.8, 4) is 0 Å². The molecule has 142 valence electrons. The van der Waals surface area contributed by atoms with Crippen molar-refractivity contribution in [2.45, 2.75) is 13.5 Å². The number of hydrogen-bond acceptors (Lipinski definition) is 5. The van der Waals surface area contributed by atoms with Gasteiger partial charge in [0, 0.05) is 30.6 Å². The molecule has 27 heavy (non-hydrogen) atoms. The van der Waals surface area contributed by atoms with Gasteiger partial charge in [-0.05, 0) is 30.3 Å². The minimum absolute atomic E-state index is 0.0394. The predicted molar refractivity (Wildman–Crippen MR) is 106 cm³/mol. The van der Waals surface area contributed by atoms with Gasteiger partial charge in [0.15, 0.2) is 0 Å². The largest absolute Gasteiger partial charge is 0.359 e. The zero-order valence-electron chi connectivity index (χ0n) is 14.7. The van der Waals surface area contributed by atoms with Crippen molar-refractivity contribution in [1.29, 1.82) is 0 Å². The van der Waals surface area contributed by atoms with Crippen LogP contribution in [-0.2, 0) is 16.1 Å². The zero-order valence-corrected chi connectivity index (χ0v) is 16.2. The average molecular weight is 407 g/mol. The number of nitrogens with one attached hydrogen (secondary N) is 3. The van der Waals surface area contributed by atoms with Crippen LogP contribution in [0.2, 0.25) is 5.02 Å². The minimum atomic E-state index is -0.241. The highest BCUT2D eigenvalue weighted by Gasteiger charge is 2.19. The highest BCUT2D eigenvalue weighted by molar-refractivity contribution is 7.14. The molecule has 0 bridgehead atoms. The number of halogens is 1. The summed E-state index contributed by atoms with van der Waals surface area (Å²) in [5.41, 5.74) is 1.34. The summed E-state index contributed by atoms with van der Waals surface area (Å²) in [7, 11) is 0. The Labute approximate surface area is 165 Å². The number of thiophene rings is 1. The third-order valence-corrected chi connectivity index (χ3v) is 5.37. The quantitative estimate of drug-likeness (QED) is 0.710. The van der Waals surface area contributed by atoms with Crippen molar-refractivity contribution in [3.63, 3.8) is 0 Å². The van der Waals surface area contributed by atoms with Gasteiger partial charge in [-0.25, -0.2) is 0 Å². The molecule has 0 atom stereocenters. The number of carbonyl (C=O) groups is 3. The van der Waals surface area contributed by atoms with Crippen LogP contribution in [0.1, 0.15) is 21.5 Å². The standard InChI is InChI=1S/C18H19ClN4O3S/c1-11(24)21-9-13-3-5-16(27-13)18(26)22-12-2-4-15(14(19)8-12)23-7-6-20-17(25)10-23/h2-5,8H,6-7,9-10H2,1H3,(H,20,25)(H,21,24)(H,22,26). The fourth-order valence-electron chi connectivity index (χ4n) is 2.68. The second kappa shape index (κ2) is 8.41. The molecule has 0 aliphatic carbocycles. The molecular weight excluding hydrogens is 388 g/mol. The number of carbonyl (C=O) groups excluding carboxylic acids is 3. The Morgan fingerprint density at radius 1 is 1.30 bits per heavy atom. The first kappa shape index (κ1) is 19.2. The number of benzene rings is 1. The summed E-state index contributed by atoms with van der Waals surface area (Å²) < 4.78 is 0. The Bertz CT molecular complexity index is 883. The fourth-order valence-corrected chi connectivity index (χ4v) is 3.83. The molecule has 3 rings (SSSR count). The maximum atomic E-state index is 12.4. The molecule has 9 heteroatoms. The summed E-state index contributed by atoms with van der Waals surface area (Å²) in [6.07, 6.45) is 0. The molecule has 0 spiro atoms. The number of rotatable bonds is 5. The maximum Gasteiger partial charge on any atom is 0.265 e. The van der Waals surface area contributed by atoms with E-state index >= 15 is 0 Å². The molecule has 7 nitrogen and oxygen atoms in total. The van der Waals surface area contributed by atoms with Crippen molar-refractivity contribution < 1.29 is 14.4 Å². The zero-order chi connectivity index (χ0) is 19.4. The lowest BCUT2D eigenvalue weighted by Gasteiger charge is -2.29. The normalized spacial score (nSPS) is 13.9. The lowest BCUT2D eigenvalue weighted by atomic mass is 10.2. The molecule has 1 aliphatic heterocycles. The van der Waals surface area contributed by atoms with E-state index in [9.17, 15) is 14.4 Å². The van der Waals surface area contributed by atoms with Crippen molar-refractivity contribution in [2.24, 2.45) is 0 Å². The average Bonchev–Trinajstić information content (AvgIpc) is 3.09. The SMILES string of the molecule is CC(=O)NCc1ccc(C(=O)Nc2ccc(N3CCNC(=O)C3)c(Cl)c2)s1. The van der Waals surface area contributed by atoms with Crippen LogP contribution in [0.4, 0.5) is 11.4 Å². The van der Waals surface area contributed by atoms with Crippen LogP contribution >= 0.6 is 22.9 Å². The van der Waals surface area contributed by atoms with Crippen molar-refractivity contribution in [1.82, 2.24) is 10.6 Å². The van der Waals surface area contributed by atoms with Gasteiger partial charge in [0.2, 0.25) is 11.8 Å². The van der Waals surface area contributed by atoms with E-state index in [0.717, 1.165) is 10.6 Å². The number of hydrogen-bond donors (Lipinski definition) is 3. The van der Waals surface area contributed by atoms with Crippen molar-refractivity contribution >= 4 is 52.0 Å². The molecule has 3 N–H and O–H groups in total. The highest BCUT2D eigenvalue weighted by atomic mass is 35.5. The molecule has 1 aromatic heterocycles. The third kappa shape index (κ3) is 4.99. The van der Waals surface area contributed by atoms with Crippen molar-refractivity contribution in [3.05, 3.63) is 45.1 Å². The molecule has 0 unspecified atom stereocenters. The van der Waals surface area contributed by atoms with E-state index < -0.39 is 0 Å². The first-order valence-electron chi connectivity index (χ1n) is 8.38. The maximum absolute atomic E-state index is 12.4. The molecule has 2 heterocycles. The molecule has 0 radical (unpaired) electrons. The molecule has 2 aromatic rings. The molecular formula is C18H19ClN4O3S. The van der Waals surface area contributed by atoms with Gasteiger partial charge >= 0.3 is 0 Å². The van der Waals surface area contributed by atoms with Crippen LogP contribution in [-0.4, -0.2) is 37.4 Å². The number of piperazine rings is 1. The van der Waals surface area contributed by atoms with Crippen LogP contribution in [0, 0.1) is 0 Å². The number of nitrogens with zero attached hydrogens (tertiary/aromatic N) is 1. The van der Waals surface area contributed by atoms with E-state index in [0.29, 0.717) is 35.2 Å². The van der Waals surface area contributed by atoms with Gasteiger partial charge in [0.1, 0.15) is 0 Å². The van der Waals surface area contributed by atoms with Crippen LogP contribution in [0.3, 0.4) is 0 Å². The Morgan fingerprint density at radius 2 is 2.11 bits per heavy atom. The van der Waals surface area contributed by atoms with Crippen LogP contribution in [0.15, 0.2) is 30.3 Å². The number of anilines is 2. The summed E-state index contributed by atoms with van der Waals surface area (Å²) in [4.78, 5) is 38.3. The predicted octanol–water partition coefficient (Wildman–Crippen LogP) is 2.23. The Hall–Kier alpha value is -2.58. The molecule has 1 saturated heterocycles. The molecule has 0 saturated carbocycles. The van der Waals surface area contributed by atoms with Crippen LogP contribution < -0.4 is 20.9 Å². The fraction of sp³-hybridized carbons (Fsp3) is 0.278. The second-order valence-corrected chi connectivity index (χ2v) is 7.64. The Kier molecular flexibility index (Phi) is 5.98. The van der Waals surface area contributed by atoms with Gasteiger partial charge in [0.05, 0.1) is 28.7 Å². The minimum Gasteiger partial charge on any atom is -0.359 e. The first-order valence-corrected chi connectivity index (χ1v) is 9.57. The van der Waals surface area contributed by atoms with Gasteiger partial charge in [0.25, 0.3) is 5.91 Å². The van der Waals surface area contributed by atoms with E-state index in [2.05, 4.69) is 16.0 Å². The summed E-state index contributed by atoms with van der Waals surface area (Å²) in [6.45, 7) is 3.37. The molecule has 1 aromatic carbocycles. The molecule has 3 amide bonds. The summed E-state index contributed by atoms with van der Waals surface area (Å²) >= 11 is 7.67. The van der Waals surface area contributed by atoms with E-state index in [1.165, 1.54) is 18.3 Å². The lowest BCUT2D eigenvalue weighted by Crippen LogP contribution is -2.47. The smallest absolute Gasteiger partial charge is 0.265 e. The van der Waals surface area contributed by atoms with Gasteiger partial charge in [-0.2, -0.15) is 0 Å². The summed E-state index contributed by atoms with van der Waals surface area (Å²) in [5.74, 6) is -0.395. The lowest BCUT2D eigenvalue weighted by molar-refractivity contribution is -0.120. The third-order valence-electron chi connectivity index (χ3n) is 3.98. The van der Waals surface area contributed by atoms with Gasteiger partial charge in [-0.3, -0.25) is 14.4 Å². The summed E-state index contributed by atoms with van der Waals surface area (Å²) in [5, 5.41) is 8.76. The van der Waals surface area contributed by atoms with E-state index in [-0.39, 0.29) is 24.3 Å². The summed E-state index contributed by atoms with van der Waals surface area (Å²) in [6, 6.07) is 8.77. The van der Waals surface area contributed by atoms with E-state index in [1.807, 2.05) is 11.0 Å². The molecule has 1 aliphatic rings. The van der Waals surface area contributed by atoms with Gasteiger partial charge in [-0.1, -0.05) is 11.6 Å². The van der Waals surface area contributed by atoms with Gasteiger partial charge in [-0.15, -0.1) is 11.3 Å².